The minimum absolute atomic E-state index is 0.371. The van der Waals surface area contributed by atoms with E-state index in [0.29, 0.717) is 11.7 Å². The van der Waals surface area contributed by atoms with Crippen LogP contribution in [0.5, 0.6) is 0 Å². The van der Waals surface area contributed by atoms with Gasteiger partial charge >= 0.3 is 0 Å². The van der Waals surface area contributed by atoms with E-state index in [1.165, 1.54) is 18.4 Å². The number of carbonyl (C=O) groups excluding carboxylic acids is 1. The molecular weight excluding hydrogens is 238 g/mol. The van der Waals surface area contributed by atoms with Gasteiger partial charge in [-0.3, -0.25) is 4.79 Å². The zero-order valence-corrected chi connectivity index (χ0v) is 10.8. The zero-order chi connectivity index (χ0) is 13.1. The van der Waals surface area contributed by atoms with E-state index in [9.17, 15) is 4.79 Å². The third-order valence-corrected chi connectivity index (χ3v) is 3.71. The first-order valence-corrected chi connectivity index (χ1v) is 6.73. The van der Waals surface area contributed by atoms with E-state index in [0.717, 1.165) is 30.7 Å². The molecule has 1 aliphatic heterocycles. The second-order valence-corrected chi connectivity index (χ2v) is 4.99. The summed E-state index contributed by atoms with van der Waals surface area (Å²) in [4.78, 5) is 10.6. The van der Waals surface area contributed by atoms with E-state index < -0.39 is 0 Å². The summed E-state index contributed by atoms with van der Waals surface area (Å²) in [6, 6.07) is 12.0. The van der Waals surface area contributed by atoms with Crippen LogP contribution in [0.1, 0.15) is 34.9 Å². The predicted octanol–water partition coefficient (Wildman–Crippen LogP) is 3.23. The van der Waals surface area contributed by atoms with E-state index in [2.05, 4.69) is 29.6 Å². The van der Waals surface area contributed by atoms with E-state index in [1.807, 2.05) is 6.07 Å². The summed E-state index contributed by atoms with van der Waals surface area (Å²) < 4.78 is 5.42. The number of furan rings is 1. The molecule has 1 aliphatic rings. The fourth-order valence-electron chi connectivity index (χ4n) is 2.63. The molecule has 1 atom stereocenters. The molecule has 0 bridgehead atoms. The van der Waals surface area contributed by atoms with Crippen molar-refractivity contribution in [3.8, 4) is 11.3 Å². The first-order chi connectivity index (χ1) is 9.36. The second kappa shape index (κ2) is 5.41. The molecule has 2 heterocycles. The van der Waals surface area contributed by atoms with Crippen molar-refractivity contribution in [3.05, 3.63) is 47.7 Å². The Morgan fingerprint density at radius 2 is 2.00 bits per heavy atom. The van der Waals surface area contributed by atoms with Gasteiger partial charge in [-0.25, -0.2) is 0 Å². The van der Waals surface area contributed by atoms with Gasteiger partial charge in [0.1, 0.15) is 5.76 Å². The maximum atomic E-state index is 10.6. The van der Waals surface area contributed by atoms with Crippen molar-refractivity contribution in [1.82, 2.24) is 5.32 Å². The molecule has 1 aromatic heterocycles. The fraction of sp³-hybridized carbons (Fsp3) is 0.312. The third kappa shape index (κ3) is 2.61. The number of nitrogens with one attached hydrogen (secondary N) is 1. The number of carbonyl (C=O) groups is 1. The van der Waals surface area contributed by atoms with Crippen molar-refractivity contribution >= 4 is 6.29 Å². The molecule has 1 unspecified atom stereocenters. The first-order valence-electron chi connectivity index (χ1n) is 6.73. The molecule has 0 aliphatic carbocycles. The summed E-state index contributed by atoms with van der Waals surface area (Å²) in [6.45, 7) is 2.20. The lowest BCUT2D eigenvalue weighted by Crippen LogP contribution is -2.28. The van der Waals surface area contributed by atoms with Crippen molar-refractivity contribution in [1.29, 1.82) is 0 Å². The Kier molecular flexibility index (Phi) is 3.47. The topological polar surface area (TPSA) is 42.2 Å². The van der Waals surface area contributed by atoms with Crippen molar-refractivity contribution in [2.24, 2.45) is 0 Å². The summed E-state index contributed by atoms with van der Waals surface area (Å²) >= 11 is 0. The Morgan fingerprint density at radius 1 is 1.16 bits per heavy atom. The molecule has 3 nitrogen and oxygen atoms in total. The normalized spacial score (nSPS) is 19.3. The Hall–Kier alpha value is -1.87. The minimum atomic E-state index is 0.371. The minimum Gasteiger partial charge on any atom is -0.453 e. The highest BCUT2D eigenvalue weighted by molar-refractivity contribution is 5.72. The van der Waals surface area contributed by atoms with Crippen LogP contribution in [0.15, 0.2) is 40.8 Å². The van der Waals surface area contributed by atoms with Gasteiger partial charge in [0.25, 0.3) is 0 Å². The summed E-state index contributed by atoms with van der Waals surface area (Å²) in [6.07, 6.45) is 3.22. The van der Waals surface area contributed by atoms with Gasteiger partial charge in [0.05, 0.1) is 0 Å². The molecule has 98 valence electrons. The summed E-state index contributed by atoms with van der Waals surface area (Å²) in [7, 11) is 0. The van der Waals surface area contributed by atoms with Crippen LogP contribution in [0, 0.1) is 0 Å². The van der Waals surface area contributed by atoms with E-state index >= 15 is 0 Å². The van der Waals surface area contributed by atoms with Crippen LogP contribution in [-0.4, -0.2) is 19.4 Å². The van der Waals surface area contributed by atoms with E-state index in [-0.39, 0.29) is 0 Å². The van der Waals surface area contributed by atoms with Gasteiger partial charge in [0.2, 0.25) is 0 Å². The molecule has 3 heteroatoms. The van der Waals surface area contributed by atoms with Gasteiger partial charge in [-0.15, -0.1) is 0 Å². The largest absolute Gasteiger partial charge is 0.453 e. The molecule has 3 rings (SSSR count). The number of rotatable bonds is 3. The second-order valence-electron chi connectivity index (χ2n) is 4.99. The number of hydrogen-bond acceptors (Lipinski definition) is 3. The standard InChI is InChI=1S/C16H17NO2/c18-11-15-7-8-16(19-15)13-5-3-12(4-6-13)14-2-1-9-17-10-14/h3-8,11,14,17H,1-2,9-10H2. The van der Waals surface area contributed by atoms with Crippen molar-refractivity contribution in [2.45, 2.75) is 18.8 Å². The monoisotopic (exact) mass is 255 g/mol. The summed E-state index contributed by atoms with van der Waals surface area (Å²) in [5, 5.41) is 3.43. The quantitative estimate of drug-likeness (QED) is 0.856. The number of aldehydes is 1. The third-order valence-electron chi connectivity index (χ3n) is 3.71. The van der Waals surface area contributed by atoms with Gasteiger partial charge < -0.3 is 9.73 Å². The van der Waals surface area contributed by atoms with Crippen LogP contribution in [0.25, 0.3) is 11.3 Å². The Labute approximate surface area is 112 Å². The Balaban J connectivity index is 1.79. The lowest BCUT2D eigenvalue weighted by molar-refractivity contribution is 0.110. The van der Waals surface area contributed by atoms with E-state index in [1.54, 1.807) is 6.07 Å². The number of piperidine rings is 1. The maximum Gasteiger partial charge on any atom is 0.185 e. The Bertz CT molecular complexity index is 550. The highest BCUT2D eigenvalue weighted by Crippen LogP contribution is 2.27. The summed E-state index contributed by atoms with van der Waals surface area (Å²) in [5.41, 5.74) is 2.39. The molecule has 0 saturated carbocycles. The lowest BCUT2D eigenvalue weighted by atomic mass is 9.91. The Morgan fingerprint density at radius 3 is 2.63 bits per heavy atom. The van der Waals surface area contributed by atoms with Crippen molar-refractivity contribution < 1.29 is 9.21 Å². The zero-order valence-electron chi connectivity index (χ0n) is 10.8. The van der Waals surface area contributed by atoms with Crippen LogP contribution in [0.2, 0.25) is 0 Å². The van der Waals surface area contributed by atoms with Gasteiger partial charge in [0, 0.05) is 12.1 Å². The molecule has 0 amide bonds. The first kappa shape index (κ1) is 12.2. The van der Waals surface area contributed by atoms with Crippen LogP contribution in [0.4, 0.5) is 0 Å². The summed E-state index contributed by atoms with van der Waals surface area (Å²) in [5.74, 6) is 1.73. The van der Waals surface area contributed by atoms with E-state index in [4.69, 9.17) is 4.42 Å². The molecule has 2 aromatic rings. The van der Waals surface area contributed by atoms with Crippen LogP contribution in [-0.2, 0) is 0 Å². The lowest BCUT2D eigenvalue weighted by Gasteiger charge is -2.23. The predicted molar refractivity (Wildman–Crippen MR) is 74.4 cm³/mol. The maximum absolute atomic E-state index is 10.6. The molecule has 0 spiro atoms. The molecule has 0 radical (unpaired) electrons. The number of benzene rings is 1. The molecule has 1 saturated heterocycles. The smallest absolute Gasteiger partial charge is 0.185 e. The molecular formula is C16H17NO2. The fourth-order valence-corrected chi connectivity index (χ4v) is 2.63. The van der Waals surface area contributed by atoms with Gasteiger partial charge in [0.15, 0.2) is 12.0 Å². The van der Waals surface area contributed by atoms with Crippen molar-refractivity contribution in [2.75, 3.05) is 13.1 Å². The average Bonchev–Trinajstić information content (AvgIpc) is 2.97. The van der Waals surface area contributed by atoms with Gasteiger partial charge in [-0.05, 0) is 43.0 Å². The van der Waals surface area contributed by atoms with Gasteiger partial charge in [-0.1, -0.05) is 24.3 Å². The average molecular weight is 255 g/mol. The highest BCUT2D eigenvalue weighted by atomic mass is 16.3. The number of hydrogen-bond donors (Lipinski definition) is 1. The van der Waals surface area contributed by atoms with Crippen LogP contribution < -0.4 is 5.32 Å². The SMILES string of the molecule is O=Cc1ccc(-c2ccc(C3CCCNC3)cc2)o1. The molecule has 1 N–H and O–H groups in total. The highest BCUT2D eigenvalue weighted by Gasteiger charge is 2.15. The molecule has 1 fully saturated rings. The van der Waals surface area contributed by atoms with Gasteiger partial charge in [-0.2, -0.15) is 0 Å². The van der Waals surface area contributed by atoms with Crippen LogP contribution >= 0.6 is 0 Å². The molecule has 19 heavy (non-hydrogen) atoms. The molecule has 1 aromatic carbocycles. The van der Waals surface area contributed by atoms with Crippen molar-refractivity contribution in [3.63, 3.8) is 0 Å². The van der Waals surface area contributed by atoms with Crippen LogP contribution in [0.3, 0.4) is 0 Å².